The van der Waals surface area contributed by atoms with Crippen LogP contribution in [0.5, 0.6) is 0 Å². The smallest absolute Gasteiger partial charge is 0.326 e. The molecule has 0 aliphatic heterocycles. The molecule has 11 amide bonds. The number of carboxylic acids is 2. The summed E-state index contributed by atoms with van der Waals surface area (Å²) >= 11 is 0. The third-order valence-corrected chi connectivity index (χ3v) is 14.1. The number of guanidine groups is 2. The maximum absolute atomic E-state index is 15.0. The molecule has 0 aromatic heterocycles. The number of hydrogen-bond donors (Lipinski definition) is 20. The van der Waals surface area contributed by atoms with Gasteiger partial charge in [-0.2, -0.15) is 0 Å². The van der Waals surface area contributed by atoms with Crippen molar-refractivity contribution in [2.24, 2.45) is 28.7 Å². The highest BCUT2D eigenvalue weighted by Crippen LogP contribution is 2.18. The van der Waals surface area contributed by atoms with Gasteiger partial charge in [0.1, 0.15) is 42.3 Å². The number of fused-ring (bicyclic) bond motifs is 1. The number of carbonyl (C=O) groups excluding carboxylic acids is 9. The van der Waals surface area contributed by atoms with Crippen LogP contribution in [-0.4, -0.2) is 162 Å². The van der Waals surface area contributed by atoms with E-state index >= 15 is 0 Å². The van der Waals surface area contributed by atoms with Gasteiger partial charge in [-0.15, -0.1) is 0 Å². The van der Waals surface area contributed by atoms with Crippen LogP contribution >= 0.6 is 0 Å². The molecule has 0 aliphatic rings. The molecule has 31 heteroatoms. The first kappa shape index (κ1) is 72.9. The Morgan fingerprint density at radius 3 is 1.11 bits per heavy atom. The third-order valence-electron chi connectivity index (χ3n) is 14.1. The summed E-state index contributed by atoms with van der Waals surface area (Å²) in [5, 5.41) is 64.1. The monoisotopic (exact) mass is 1260 g/mol. The average Bonchev–Trinajstić information content (AvgIpc) is 1.76. The lowest BCUT2D eigenvalue weighted by atomic mass is 9.99. The first-order valence-electron chi connectivity index (χ1n) is 29.5. The topological polar surface area (TPSA) is 538 Å². The lowest BCUT2D eigenvalue weighted by molar-refractivity contribution is -0.143. The zero-order valence-corrected chi connectivity index (χ0v) is 50.2. The molecule has 0 saturated carbocycles. The summed E-state index contributed by atoms with van der Waals surface area (Å²) in [6.45, 7) is -0.196. The number of amides is 11. The molecule has 0 fully saturated rings. The second-order valence-electron chi connectivity index (χ2n) is 21.4. The Morgan fingerprint density at radius 2 is 0.714 bits per heavy atom. The molecule has 25 N–H and O–H groups in total. The van der Waals surface area contributed by atoms with E-state index in [1.54, 1.807) is 60.7 Å². The van der Waals surface area contributed by atoms with Crippen molar-refractivity contribution in [1.82, 2.24) is 58.5 Å². The minimum absolute atomic E-state index is 0.00342. The maximum Gasteiger partial charge on any atom is 0.326 e. The largest absolute Gasteiger partial charge is 0.481 e. The van der Waals surface area contributed by atoms with Crippen LogP contribution in [0.1, 0.15) is 80.9 Å². The van der Waals surface area contributed by atoms with Gasteiger partial charge in [-0.1, -0.05) is 103 Å². The van der Waals surface area contributed by atoms with Crippen LogP contribution < -0.4 is 87.2 Å². The Balaban J connectivity index is 1.72. The molecule has 0 spiro atoms. The van der Waals surface area contributed by atoms with Crippen molar-refractivity contribution < 1.29 is 63.0 Å². The van der Waals surface area contributed by atoms with E-state index in [9.17, 15) is 63.0 Å². The van der Waals surface area contributed by atoms with E-state index in [1.165, 1.54) is 0 Å². The van der Waals surface area contributed by atoms with Gasteiger partial charge in [-0.3, -0.25) is 49.2 Å². The summed E-state index contributed by atoms with van der Waals surface area (Å²) in [6, 6.07) is 17.1. The van der Waals surface area contributed by atoms with E-state index in [0.717, 1.165) is 16.3 Å². The Bertz CT molecular complexity index is 3140. The van der Waals surface area contributed by atoms with Gasteiger partial charge < -0.3 is 97.4 Å². The van der Waals surface area contributed by atoms with E-state index < -0.39 is 138 Å². The van der Waals surface area contributed by atoms with Gasteiger partial charge >= 0.3 is 24.0 Å². The number of aliphatic carboxylic acids is 2. The fourth-order valence-electron chi connectivity index (χ4n) is 9.44. The fraction of sp³-hybridized carbons (Fsp3) is 0.417. The molecular weight excluding hydrogens is 1180 g/mol. The van der Waals surface area contributed by atoms with Crippen LogP contribution in [-0.2, 0) is 62.4 Å². The van der Waals surface area contributed by atoms with Crippen molar-refractivity contribution in [2.75, 3.05) is 26.2 Å². The van der Waals surface area contributed by atoms with E-state index in [1.807, 2.05) is 42.5 Å². The molecule has 8 atom stereocenters. The molecule has 4 aromatic carbocycles. The van der Waals surface area contributed by atoms with Gasteiger partial charge in [-0.25, -0.2) is 14.4 Å². The second-order valence-corrected chi connectivity index (χ2v) is 21.4. The van der Waals surface area contributed by atoms with Crippen molar-refractivity contribution in [3.05, 3.63) is 120 Å². The molecule has 91 heavy (non-hydrogen) atoms. The highest BCUT2D eigenvalue weighted by Gasteiger charge is 2.35. The molecule has 31 nitrogen and oxygen atoms in total. The Labute approximate surface area is 525 Å². The number of nitrogens with one attached hydrogen (secondary N) is 13. The zero-order chi connectivity index (χ0) is 66.8. The number of benzene rings is 4. The molecule has 4 rings (SSSR count). The molecule has 0 radical (unpaired) electrons. The summed E-state index contributed by atoms with van der Waals surface area (Å²) in [5.41, 5.74) is 30.0. The van der Waals surface area contributed by atoms with Gasteiger partial charge in [0.25, 0.3) is 0 Å². The van der Waals surface area contributed by atoms with Crippen LogP contribution in [0.2, 0.25) is 0 Å². The van der Waals surface area contributed by atoms with Gasteiger partial charge in [0.2, 0.25) is 41.4 Å². The SMILES string of the molecule is N=C(N)NCCC[C@@H](NC(=O)[C@H](CCCNC(N)=O)NC(=O)[C@@H](CCCNC(=N)N)NC(=O)[C@H](CCCNC(N)=O)NC(=O)[C@H](Cc1ccc2ccccc2c1)NC(=O)[C@@H](Cc1ccccc1)NC(=O)[C@@H](N)Cc1ccccc1)C(=O)N[C@@H](CCC(=O)O)C(=O)O. The first-order chi connectivity index (χ1) is 43.4. The van der Waals surface area contributed by atoms with Crippen LogP contribution in [0.25, 0.3) is 10.8 Å². The molecule has 0 bridgehead atoms. The summed E-state index contributed by atoms with van der Waals surface area (Å²) in [7, 11) is 0. The Morgan fingerprint density at radius 1 is 0.374 bits per heavy atom. The molecule has 0 saturated heterocycles. The molecule has 0 unspecified atom stereocenters. The van der Waals surface area contributed by atoms with Gasteiger partial charge in [0, 0.05) is 45.4 Å². The van der Waals surface area contributed by atoms with Crippen molar-refractivity contribution in [3.63, 3.8) is 0 Å². The number of urea groups is 2. The molecule has 4 aromatic rings. The quantitative estimate of drug-likeness (QED) is 0.0130. The number of primary amides is 2. The standard InChI is InChI=1S/C60H84N18O13/c61-40(32-35-13-3-1-4-14-35)49(81)77-46(33-36-15-5-2-6-16-36)55(87)78-47(34-37-23-24-38-17-7-8-18-39(38)31-37)54(86)75-43(22-12-30-71-60(67)91)52(84)72-41(19-9-27-68-57(62)63)50(82)73-42(21-11-29-70-59(66)90)51(83)74-44(20-10-28-69-58(64)65)53(85)76-45(56(88)89)25-26-48(79)80/h1-8,13-18,23-24,31,40-47H,9-12,19-22,25-30,32-34,61H2,(H,72,84)(H,73,82)(H,74,83)(H,75,86)(H,76,85)(H,77,81)(H,78,87)(H,79,80)(H,88,89)(H4,62,63,68)(H4,64,65,69)(H3,66,70,90)(H3,67,71,91)/t40-,41+,42-,43-,44+,45-,46+,47-/m0/s1. The van der Waals surface area contributed by atoms with Gasteiger partial charge in [-0.05, 0) is 91.7 Å². The van der Waals surface area contributed by atoms with Gasteiger partial charge in [0.05, 0.1) is 6.04 Å². The minimum Gasteiger partial charge on any atom is -0.481 e. The lowest BCUT2D eigenvalue weighted by Gasteiger charge is -2.28. The number of carboxylic acid groups (broad SMARTS) is 2. The van der Waals surface area contributed by atoms with E-state index in [-0.39, 0.29) is 96.8 Å². The predicted molar refractivity (Wildman–Crippen MR) is 336 cm³/mol. The van der Waals surface area contributed by atoms with Crippen molar-refractivity contribution in [3.8, 4) is 0 Å². The average molecular weight is 1270 g/mol. The molecular formula is C60H84N18O13. The fourth-order valence-corrected chi connectivity index (χ4v) is 9.44. The summed E-state index contributed by atoms with van der Waals surface area (Å²) in [4.78, 5) is 148. The molecule has 0 heterocycles. The van der Waals surface area contributed by atoms with Crippen molar-refractivity contribution >= 4 is 88.0 Å². The van der Waals surface area contributed by atoms with E-state index in [4.69, 9.17) is 39.5 Å². The molecule has 492 valence electrons. The van der Waals surface area contributed by atoms with Crippen LogP contribution in [0, 0.1) is 10.8 Å². The van der Waals surface area contributed by atoms with Crippen molar-refractivity contribution in [2.45, 2.75) is 132 Å². The first-order valence-corrected chi connectivity index (χ1v) is 29.5. The lowest BCUT2D eigenvalue weighted by Crippen LogP contribution is -2.60. The van der Waals surface area contributed by atoms with Crippen LogP contribution in [0.3, 0.4) is 0 Å². The highest BCUT2D eigenvalue weighted by molar-refractivity contribution is 5.98. The Hall–Kier alpha value is -10.6. The maximum atomic E-state index is 15.0. The number of hydrogen-bond acceptors (Lipinski definition) is 14. The van der Waals surface area contributed by atoms with E-state index in [0.29, 0.717) is 11.1 Å². The highest BCUT2D eigenvalue weighted by atomic mass is 16.4. The predicted octanol–water partition coefficient (Wildman–Crippen LogP) is -2.04. The van der Waals surface area contributed by atoms with E-state index in [2.05, 4.69) is 58.5 Å². The minimum atomic E-state index is -1.70. The zero-order valence-electron chi connectivity index (χ0n) is 50.2. The van der Waals surface area contributed by atoms with Crippen LogP contribution in [0.15, 0.2) is 103 Å². The summed E-state index contributed by atoms with van der Waals surface area (Å²) in [5.74, 6) is -10.1. The summed E-state index contributed by atoms with van der Waals surface area (Å²) < 4.78 is 0. The van der Waals surface area contributed by atoms with Crippen LogP contribution in [0.4, 0.5) is 9.59 Å². The number of rotatable bonds is 40. The number of carbonyl (C=O) groups is 11. The van der Waals surface area contributed by atoms with Gasteiger partial charge in [0.15, 0.2) is 11.9 Å². The second kappa shape index (κ2) is 38.6. The number of nitrogens with two attached hydrogens (primary N) is 5. The molecule has 0 aliphatic carbocycles. The summed E-state index contributed by atoms with van der Waals surface area (Å²) in [6.07, 6.45) is -2.04. The normalized spacial score (nSPS) is 13.5. The Kier molecular flexibility index (Phi) is 30.9. The third kappa shape index (κ3) is 28.0. The van der Waals surface area contributed by atoms with Crippen molar-refractivity contribution in [1.29, 1.82) is 10.8 Å².